The highest BCUT2D eigenvalue weighted by atomic mass is 16.5. The molecule has 2 aliphatic rings. The van der Waals surface area contributed by atoms with Gasteiger partial charge in [-0.2, -0.15) is 0 Å². The van der Waals surface area contributed by atoms with Gasteiger partial charge in [-0.25, -0.2) is 0 Å². The molecule has 0 aromatic heterocycles. The Morgan fingerprint density at radius 1 is 1.38 bits per heavy atom. The van der Waals surface area contributed by atoms with Gasteiger partial charge >= 0.3 is 0 Å². The number of aryl methyl sites for hydroxylation is 1. The van der Waals surface area contributed by atoms with Crippen molar-refractivity contribution in [1.82, 2.24) is 0 Å². The first-order valence-corrected chi connectivity index (χ1v) is 7.57. The van der Waals surface area contributed by atoms with Crippen LogP contribution in [-0.4, -0.2) is 26.2 Å². The SMILES string of the molecule is COCCC1(CNc2cc3c(cc2N)CCC(=O)N3)CC1. The molecule has 0 saturated heterocycles. The zero-order valence-electron chi connectivity index (χ0n) is 12.5. The van der Waals surface area contributed by atoms with Crippen LogP contribution in [0.15, 0.2) is 12.1 Å². The Morgan fingerprint density at radius 3 is 2.90 bits per heavy atom. The van der Waals surface area contributed by atoms with Crippen LogP contribution in [0.5, 0.6) is 0 Å². The first-order valence-electron chi connectivity index (χ1n) is 7.57. The molecule has 0 radical (unpaired) electrons. The lowest BCUT2D eigenvalue weighted by molar-refractivity contribution is -0.116. The summed E-state index contributed by atoms with van der Waals surface area (Å²) in [5.74, 6) is 0.0805. The maximum atomic E-state index is 11.5. The van der Waals surface area contributed by atoms with E-state index >= 15 is 0 Å². The molecule has 0 unspecified atom stereocenters. The van der Waals surface area contributed by atoms with Crippen LogP contribution in [0.4, 0.5) is 17.1 Å². The second-order valence-electron chi connectivity index (χ2n) is 6.24. The maximum Gasteiger partial charge on any atom is 0.224 e. The Balaban J connectivity index is 1.68. The van der Waals surface area contributed by atoms with Crippen molar-refractivity contribution >= 4 is 23.0 Å². The zero-order valence-corrected chi connectivity index (χ0v) is 12.5. The van der Waals surface area contributed by atoms with Crippen molar-refractivity contribution in [2.24, 2.45) is 5.41 Å². The quantitative estimate of drug-likeness (QED) is 0.703. The van der Waals surface area contributed by atoms with Crippen molar-refractivity contribution in [2.75, 3.05) is 36.6 Å². The molecule has 0 bridgehead atoms. The molecule has 0 spiro atoms. The molecule has 4 N–H and O–H groups in total. The molecule has 1 heterocycles. The van der Waals surface area contributed by atoms with Crippen LogP contribution in [-0.2, 0) is 16.0 Å². The van der Waals surface area contributed by atoms with Gasteiger partial charge < -0.3 is 21.1 Å². The van der Waals surface area contributed by atoms with Crippen LogP contribution < -0.4 is 16.4 Å². The van der Waals surface area contributed by atoms with Crippen molar-refractivity contribution in [1.29, 1.82) is 0 Å². The maximum absolute atomic E-state index is 11.5. The number of carbonyl (C=O) groups is 1. The molecular formula is C16H23N3O2. The summed E-state index contributed by atoms with van der Waals surface area (Å²) in [6.45, 7) is 1.71. The van der Waals surface area contributed by atoms with E-state index in [-0.39, 0.29) is 5.91 Å². The van der Waals surface area contributed by atoms with Crippen molar-refractivity contribution in [3.05, 3.63) is 17.7 Å². The summed E-state index contributed by atoms with van der Waals surface area (Å²) < 4.78 is 5.18. The summed E-state index contributed by atoms with van der Waals surface area (Å²) in [4.78, 5) is 11.5. The van der Waals surface area contributed by atoms with E-state index in [2.05, 4.69) is 10.6 Å². The molecule has 3 rings (SSSR count). The predicted molar refractivity (Wildman–Crippen MR) is 84.5 cm³/mol. The molecule has 1 aliphatic carbocycles. The van der Waals surface area contributed by atoms with Crippen molar-refractivity contribution in [3.8, 4) is 0 Å². The number of fused-ring (bicyclic) bond motifs is 1. The number of amides is 1. The minimum absolute atomic E-state index is 0.0805. The van der Waals surface area contributed by atoms with Gasteiger partial charge in [0.1, 0.15) is 0 Å². The second-order valence-corrected chi connectivity index (χ2v) is 6.24. The lowest BCUT2D eigenvalue weighted by Crippen LogP contribution is -2.21. The number of carbonyl (C=O) groups excluding carboxylic acids is 1. The molecule has 1 aliphatic heterocycles. The van der Waals surface area contributed by atoms with Crippen LogP contribution in [0.2, 0.25) is 0 Å². The van der Waals surface area contributed by atoms with Crippen LogP contribution in [0.1, 0.15) is 31.2 Å². The number of rotatable bonds is 6. The third-order valence-corrected chi connectivity index (χ3v) is 4.62. The number of nitrogen functional groups attached to an aromatic ring is 1. The van der Waals surface area contributed by atoms with Gasteiger partial charge in [0.2, 0.25) is 5.91 Å². The Bertz CT molecular complexity index is 553. The fourth-order valence-electron chi connectivity index (χ4n) is 2.89. The number of hydrogen-bond acceptors (Lipinski definition) is 4. The summed E-state index contributed by atoms with van der Waals surface area (Å²) in [7, 11) is 1.74. The van der Waals surface area contributed by atoms with Gasteiger partial charge in [-0.1, -0.05) is 0 Å². The van der Waals surface area contributed by atoms with E-state index in [4.69, 9.17) is 10.5 Å². The van der Waals surface area contributed by atoms with Crippen LogP contribution >= 0.6 is 0 Å². The minimum atomic E-state index is 0.0805. The third-order valence-electron chi connectivity index (χ3n) is 4.62. The molecule has 1 aromatic carbocycles. The zero-order chi connectivity index (χ0) is 14.9. The number of nitrogens with two attached hydrogens (primary N) is 1. The highest BCUT2D eigenvalue weighted by Gasteiger charge is 2.41. The molecule has 114 valence electrons. The standard InChI is InChI=1S/C16H23N3O2/c1-21-7-6-16(4-5-16)10-18-14-9-13-11(8-12(14)17)2-3-15(20)19-13/h8-9,18H,2-7,10,17H2,1H3,(H,19,20). The summed E-state index contributed by atoms with van der Waals surface area (Å²) in [5, 5.41) is 6.38. The fourth-order valence-corrected chi connectivity index (χ4v) is 2.89. The Morgan fingerprint density at radius 2 is 2.19 bits per heavy atom. The Kier molecular flexibility index (Phi) is 3.76. The molecule has 1 fully saturated rings. The molecule has 1 aromatic rings. The van der Waals surface area contributed by atoms with E-state index in [0.29, 0.717) is 11.8 Å². The largest absolute Gasteiger partial charge is 0.397 e. The summed E-state index contributed by atoms with van der Waals surface area (Å²) in [6.07, 6.45) is 4.87. The average Bonchev–Trinajstić information content (AvgIpc) is 3.24. The molecule has 21 heavy (non-hydrogen) atoms. The smallest absolute Gasteiger partial charge is 0.224 e. The van der Waals surface area contributed by atoms with E-state index in [1.165, 1.54) is 12.8 Å². The topological polar surface area (TPSA) is 76.4 Å². The monoisotopic (exact) mass is 289 g/mol. The highest BCUT2D eigenvalue weighted by molar-refractivity contribution is 5.95. The minimum Gasteiger partial charge on any atom is -0.397 e. The molecule has 0 atom stereocenters. The molecule has 5 heteroatoms. The van der Waals surface area contributed by atoms with Crippen LogP contribution in [0.25, 0.3) is 0 Å². The lowest BCUT2D eigenvalue weighted by Gasteiger charge is -2.21. The number of methoxy groups -OCH3 is 1. The number of nitrogens with one attached hydrogen (secondary N) is 2. The van der Waals surface area contributed by atoms with Gasteiger partial charge in [-0.15, -0.1) is 0 Å². The molecular weight excluding hydrogens is 266 g/mol. The fraction of sp³-hybridized carbons (Fsp3) is 0.562. The van der Waals surface area contributed by atoms with Crippen molar-refractivity contribution in [3.63, 3.8) is 0 Å². The summed E-state index contributed by atoms with van der Waals surface area (Å²) in [6, 6.07) is 3.94. The summed E-state index contributed by atoms with van der Waals surface area (Å²) >= 11 is 0. The van der Waals surface area contributed by atoms with Gasteiger partial charge in [-0.05, 0) is 48.8 Å². The highest BCUT2D eigenvalue weighted by Crippen LogP contribution is 2.49. The van der Waals surface area contributed by atoms with Crippen LogP contribution in [0.3, 0.4) is 0 Å². The second kappa shape index (κ2) is 5.56. The molecule has 1 saturated carbocycles. The summed E-state index contributed by atoms with van der Waals surface area (Å²) in [5.41, 5.74) is 10.2. The Hall–Kier alpha value is -1.75. The van der Waals surface area contributed by atoms with Crippen LogP contribution in [0, 0.1) is 5.41 Å². The van der Waals surface area contributed by atoms with E-state index in [1.54, 1.807) is 7.11 Å². The number of benzene rings is 1. The first kappa shape index (κ1) is 14.2. The molecule has 5 nitrogen and oxygen atoms in total. The normalized spacial score (nSPS) is 18.8. The van der Waals surface area contributed by atoms with Gasteiger partial charge in [0, 0.05) is 32.4 Å². The van der Waals surface area contributed by atoms with E-state index in [9.17, 15) is 4.79 Å². The number of ether oxygens (including phenoxy) is 1. The first-order chi connectivity index (χ1) is 10.1. The van der Waals surface area contributed by atoms with Gasteiger partial charge in [0.05, 0.1) is 11.4 Å². The lowest BCUT2D eigenvalue weighted by atomic mass is 10.00. The molecule has 1 amide bonds. The van der Waals surface area contributed by atoms with Crippen molar-refractivity contribution < 1.29 is 9.53 Å². The van der Waals surface area contributed by atoms with E-state index in [1.807, 2.05) is 12.1 Å². The number of hydrogen-bond donors (Lipinski definition) is 3. The average molecular weight is 289 g/mol. The van der Waals surface area contributed by atoms with Gasteiger partial charge in [-0.3, -0.25) is 4.79 Å². The van der Waals surface area contributed by atoms with E-state index in [0.717, 1.165) is 48.6 Å². The third kappa shape index (κ3) is 3.13. The Labute approximate surface area is 125 Å². The van der Waals surface area contributed by atoms with Gasteiger partial charge in [0.25, 0.3) is 0 Å². The van der Waals surface area contributed by atoms with E-state index < -0.39 is 0 Å². The number of anilines is 3. The van der Waals surface area contributed by atoms with Crippen molar-refractivity contribution in [2.45, 2.75) is 32.1 Å². The van der Waals surface area contributed by atoms with Gasteiger partial charge in [0.15, 0.2) is 0 Å². The predicted octanol–water partition coefficient (Wildman–Crippen LogP) is 2.38.